The number of halogens is 1. The van der Waals surface area contributed by atoms with Crippen LogP contribution >= 0.6 is 0 Å². The molecule has 212 valence electrons. The minimum absolute atomic E-state index is 0.0820. The first kappa shape index (κ1) is 28.0. The normalized spacial score (nSPS) is 21.9. The zero-order valence-corrected chi connectivity index (χ0v) is 23.7. The van der Waals surface area contributed by atoms with Gasteiger partial charge in [-0.05, 0) is 82.9 Å². The Morgan fingerprint density at radius 3 is 2.61 bits per heavy atom. The first-order chi connectivity index (χ1) is 19.4. The van der Waals surface area contributed by atoms with Crippen molar-refractivity contribution in [3.63, 3.8) is 0 Å². The summed E-state index contributed by atoms with van der Waals surface area (Å²) in [6, 6.07) is 12.1. The predicted octanol–water partition coefficient (Wildman–Crippen LogP) is 4.56. The summed E-state index contributed by atoms with van der Waals surface area (Å²) in [6.07, 6.45) is 1.24. The van der Waals surface area contributed by atoms with Crippen LogP contribution in [-0.4, -0.2) is 39.0 Å². The molecule has 0 saturated carbocycles. The molecular weight excluding hydrogens is 525 g/mol. The highest BCUT2D eigenvalue weighted by Crippen LogP contribution is 2.54. The van der Waals surface area contributed by atoms with E-state index < -0.39 is 40.3 Å². The van der Waals surface area contributed by atoms with Crippen LogP contribution < -0.4 is 15.6 Å². The smallest absolute Gasteiger partial charge is 0.307 e. The molecule has 0 radical (unpaired) electrons. The van der Waals surface area contributed by atoms with Crippen LogP contribution in [0.1, 0.15) is 65.9 Å². The topological polar surface area (TPSA) is 128 Å². The average molecular weight is 558 g/mol. The van der Waals surface area contributed by atoms with Crippen LogP contribution in [0.4, 0.5) is 4.39 Å². The summed E-state index contributed by atoms with van der Waals surface area (Å²) < 4.78 is 21.1. The Hall–Kier alpha value is -4.52. The van der Waals surface area contributed by atoms with E-state index in [9.17, 15) is 19.6 Å². The zero-order valence-electron chi connectivity index (χ0n) is 23.7. The molecule has 2 fully saturated rings. The number of carbonyl (C=O) groups excluding carboxylic acids is 2. The van der Waals surface area contributed by atoms with Crippen LogP contribution in [0.2, 0.25) is 0 Å². The number of amides is 2. The van der Waals surface area contributed by atoms with Gasteiger partial charge in [0.15, 0.2) is 5.75 Å². The molecule has 41 heavy (non-hydrogen) atoms. The summed E-state index contributed by atoms with van der Waals surface area (Å²) in [5.74, 6) is -0.715. The van der Waals surface area contributed by atoms with E-state index >= 15 is 4.39 Å². The Labute approximate surface area is 237 Å². The lowest BCUT2D eigenvalue weighted by molar-refractivity contribution is -0.135. The molecule has 0 aliphatic carbocycles. The number of aromatic amines is 1. The number of fused-ring (bicyclic) bond motifs is 1. The van der Waals surface area contributed by atoms with Crippen molar-refractivity contribution >= 4 is 11.8 Å². The van der Waals surface area contributed by atoms with E-state index in [2.05, 4.69) is 21.6 Å². The predicted molar refractivity (Wildman–Crippen MR) is 149 cm³/mol. The number of H-pyrrole nitrogens is 1. The van der Waals surface area contributed by atoms with Crippen molar-refractivity contribution < 1.29 is 18.7 Å². The van der Waals surface area contributed by atoms with Crippen LogP contribution in [-0.2, 0) is 10.3 Å². The Bertz CT molecular complexity index is 1640. The monoisotopic (exact) mass is 557 g/mol. The van der Waals surface area contributed by atoms with Gasteiger partial charge in [-0.2, -0.15) is 10.4 Å². The number of rotatable bonds is 6. The molecule has 2 amide bonds. The second-order valence-electron chi connectivity index (χ2n) is 11.6. The largest absolute Gasteiger partial charge is 0.451 e. The van der Waals surface area contributed by atoms with Crippen molar-refractivity contribution in [2.45, 2.75) is 71.5 Å². The first-order valence-electron chi connectivity index (χ1n) is 13.5. The lowest BCUT2D eigenvalue weighted by atomic mass is 9.81. The Morgan fingerprint density at radius 2 is 1.93 bits per heavy atom. The van der Waals surface area contributed by atoms with Crippen molar-refractivity contribution in [1.82, 2.24) is 20.4 Å². The maximum atomic E-state index is 15.4. The summed E-state index contributed by atoms with van der Waals surface area (Å²) in [4.78, 5) is 41.0. The summed E-state index contributed by atoms with van der Waals surface area (Å²) in [5, 5.41) is 19.0. The highest BCUT2D eigenvalue weighted by Gasteiger charge is 2.62. The third kappa shape index (κ3) is 4.75. The van der Waals surface area contributed by atoms with Crippen molar-refractivity contribution in [2.75, 3.05) is 0 Å². The van der Waals surface area contributed by atoms with E-state index in [1.807, 2.05) is 13.0 Å². The highest BCUT2D eigenvalue weighted by molar-refractivity contribution is 5.99. The fourth-order valence-corrected chi connectivity index (χ4v) is 6.34. The van der Waals surface area contributed by atoms with Crippen molar-refractivity contribution in [3.05, 3.63) is 86.6 Å². The van der Waals surface area contributed by atoms with Gasteiger partial charge in [0.05, 0.1) is 28.8 Å². The van der Waals surface area contributed by atoms with Gasteiger partial charge in [-0.3, -0.25) is 14.4 Å². The van der Waals surface area contributed by atoms with Crippen molar-refractivity contribution in [3.8, 4) is 17.6 Å². The lowest BCUT2D eigenvalue weighted by Crippen LogP contribution is -2.50. The van der Waals surface area contributed by atoms with Gasteiger partial charge < -0.3 is 15.0 Å². The number of nitriles is 1. The fraction of sp³-hybridized carbons (Fsp3) is 0.387. The van der Waals surface area contributed by atoms with E-state index in [0.717, 1.165) is 5.56 Å². The van der Waals surface area contributed by atoms with E-state index in [1.54, 1.807) is 56.9 Å². The van der Waals surface area contributed by atoms with Crippen LogP contribution in [0, 0.1) is 43.3 Å². The van der Waals surface area contributed by atoms with E-state index in [4.69, 9.17) is 4.74 Å². The molecule has 3 heterocycles. The minimum atomic E-state index is -0.966. The maximum absolute atomic E-state index is 15.4. The number of aryl methyl sites for hydroxylation is 3. The summed E-state index contributed by atoms with van der Waals surface area (Å²) in [6.45, 7) is 8.86. The van der Waals surface area contributed by atoms with Gasteiger partial charge in [-0.15, -0.1) is 0 Å². The molecule has 2 N–H and O–H groups in total. The molecule has 2 aliphatic heterocycles. The van der Waals surface area contributed by atoms with Crippen molar-refractivity contribution in [2.24, 2.45) is 5.41 Å². The van der Waals surface area contributed by atoms with Crippen LogP contribution in [0.15, 0.2) is 47.3 Å². The molecule has 2 aliphatic rings. The molecule has 1 aromatic heterocycles. The van der Waals surface area contributed by atoms with Crippen LogP contribution in [0.25, 0.3) is 0 Å². The first-order valence-corrected chi connectivity index (χ1v) is 13.5. The maximum Gasteiger partial charge on any atom is 0.307 e. The van der Waals surface area contributed by atoms with Gasteiger partial charge in [0.2, 0.25) is 5.91 Å². The second-order valence-corrected chi connectivity index (χ2v) is 11.6. The molecule has 0 bridgehead atoms. The standard InChI is InChI=1S/C31H32FN5O4/c1-17-7-6-8-21(32)26(17)31-12-11-25(30(4,5)16-33)37(31)29(40)22(15-31)34-27(38)20-9-10-23(18(2)13-20)41-24-14-19(3)35-36-28(24)39/h6-10,13-14,22,25H,11-12,15H2,1-5H3,(H,34,38)(H,36,39)/t22-,25+,31+/m0/s1. The molecule has 0 spiro atoms. The van der Waals surface area contributed by atoms with Crippen LogP contribution in [0.3, 0.4) is 0 Å². The van der Waals surface area contributed by atoms with E-state index in [1.165, 1.54) is 12.1 Å². The number of hydrogen-bond donors (Lipinski definition) is 2. The molecule has 3 aromatic rings. The average Bonchev–Trinajstić information content (AvgIpc) is 3.42. The highest BCUT2D eigenvalue weighted by atomic mass is 19.1. The number of nitrogens with one attached hydrogen (secondary N) is 2. The number of nitrogens with zero attached hydrogens (tertiary/aromatic N) is 3. The number of ether oxygens (including phenoxy) is 1. The Balaban J connectivity index is 1.43. The number of benzene rings is 2. The molecule has 9 nitrogen and oxygen atoms in total. The van der Waals surface area contributed by atoms with Crippen molar-refractivity contribution in [1.29, 1.82) is 5.26 Å². The molecule has 2 saturated heterocycles. The van der Waals surface area contributed by atoms with Gasteiger partial charge in [0, 0.05) is 23.6 Å². The summed E-state index contributed by atoms with van der Waals surface area (Å²) in [5.41, 5.74) is 0.357. The number of hydrogen-bond acceptors (Lipinski definition) is 6. The lowest BCUT2D eigenvalue weighted by Gasteiger charge is -2.40. The fourth-order valence-electron chi connectivity index (χ4n) is 6.34. The second kappa shape index (κ2) is 10.1. The SMILES string of the molecule is Cc1cc(Oc2ccc(C(=O)N[C@H]3C[C@@]4(c5c(C)cccc5F)CC[C@H](C(C)(C)C#N)N4C3=O)cc2C)c(=O)[nH]n1. The quantitative estimate of drug-likeness (QED) is 0.457. The van der Waals surface area contributed by atoms with Gasteiger partial charge in [-0.25, -0.2) is 9.49 Å². The summed E-state index contributed by atoms with van der Waals surface area (Å²) in [7, 11) is 0. The number of carbonyl (C=O) groups is 2. The third-order valence-corrected chi connectivity index (χ3v) is 8.35. The number of aromatic nitrogens is 2. The van der Waals surface area contributed by atoms with Gasteiger partial charge in [0.1, 0.15) is 17.6 Å². The molecule has 10 heteroatoms. The van der Waals surface area contributed by atoms with Gasteiger partial charge in [0.25, 0.3) is 5.91 Å². The van der Waals surface area contributed by atoms with E-state index in [-0.39, 0.29) is 18.1 Å². The van der Waals surface area contributed by atoms with E-state index in [0.29, 0.717) is 41.0 Å². The molecule has 5 rings (SSSR count). The van der Waals surface area contributed by atoms with Crippen LogP contribution in [0.5, 0.6) is 11.5 Å². The summed E-state index contributed by atoms with van der Waals surface area (Å²) >= 11 is 0. The van der Waals surface area contributed by atoms with Gasteiger partial charge in [-0.1, -0.05) is 12.1 Å². The molecule has 2 aromatic carbocycles. The third-order valence-electron chi connectivity index (χ3n) is 8.35. The zero-order chi connectivity index (χ0) is 29.7. The molecule has 0 unspecified atom stereocenters. The minimum Gasteiger partial charge on any atom is -0.451 e. The Kier molecular flexibility index (Phi) is 6.93. The Morgan fingerprint density at radius 1 is 1.17 bits per heavy atom. The molecular formula is C31H32FN5O4. The molecule has 3 atom stereocenters. The van der Waals surface area contributed by atoms with Gasteiger partial charge >= 0.3 is 5.56 Å².